The van der Waals surface area contributed by atoms with Crippen molar-refractivity contribution in [1.82, 2.24) is 15.4 Å². The standard InChI is InChI=1S/C18H32N4O2S/c1-7-19-17(21-13-18(4,5)22-25(6,23)24)20-9-8-16-11-14(2)10-15(3)12-16/h10-12,22H,7-9,13H2,1-6H3,(H2,19,20,21). The molecular formula is C18H32N4O2S. The van der Waals surface area contributed by atoms with Gasteiger partial charge in [0.15, 0.2) is 5.96 Å². The third-order valence-corrected chi connectivity index (χ3v) is 4.35. The summed E-state index contributed by atoms with van der Waals surface area (Å²) < 4.78 is 25.4. The Kier molecular flexibility index (Phi) is 7.89. The fourth-order valence-electron chi connectivity index (χ4n) is 2.69. The largest absolute Gasteiger partial charge is 0.357 e. The quantitative estimate of drug-likeness (QED) is 0.482. The molecule has 0 saturated heterocycles. The first-order valence-electron chi connectivity index (χ1n) is 8.59. The van der Waals surface area contributed by atoms with E-state index >= 15 is 0 Å². The SMILES string of the molecule is CCNC(=NCC(C)(C)NS(C)(=O)=O)NCCc1cc(C)cc(C)c1. The molecule has 0 aliphatic heterocycles. The molecule has 0 aliphatic carbocycles. The maximum absolute atomic E-state index is 11.4. The molecular weight excluding hydrogens is 336 g/mol. The van der Waals surface area contributed by atoms with Crippen molar-refractivity contribution in [1.29, 1.82) is 0 Å². The number of nitrogens with zero attached hydrogens (tertiary/aromatic N) is 1. The van der Waals surface area contributed by atoms with Crippen LogP contribution in [0.4, 0.5) is 0 Å². The van der Waals surface area contributed by atoms with Crippen molar-refractivity contribution in [2.45, 2.75) is 46.6 Å². The van der Waals surface area contributed by atoms with Crippen LogP contribution in [0.1, 0.15) is 37.5 Å². The lowest BCUT2D eigenvalue weighted by molar-refractivity contribution is 0.464. The molecule has 1 aromatic carbocycles. The van der Waals surface area contributed by atoms with Crippen LogP contribution in [-0.2, 0) is 16.4 Å². The van der Waals surface area contributed by atoms with E-state index in [0.717, 1.165) is 25.8 Å². The molecule has 0 spiro atoms. The molecule has 0 bridgehead atoms. The maximum atomic E-state index is 11.4. The van der Waals surface area contributed by atoms with Crippen LogP contribution in [0.2, 0.25) is 0 Å². The second-order valence-corrected chi connectivity index (χ2v) is 8.87. The van der Waals surface area contributed by atoms with Gasteiger partial charge in [-0.15, -0.1) is 0 Å². The molecule has 0 aliphatic rings. The highest BCUT2D eigenvalue weighted by Crippen LogP contribution is 2.09. The minimum atomic E-state index is -3.26. The third-order valence-electron chi connectivity index (χ3n) is 3.43. The van der Waals surface area contributed by atoms with E-state index in [1.54, 1.807) is 0 Å². The highest BCUT2D eigenvalue weighted by Gasteiger charge is 2.21. The number of aryl methyl sites for hydroxylation is 2. The second-order valence-electron chi connectivity index (χ2n) is 7.13. The van der Waals surface area contributed by atoms with Crippen molar-refractivity contribution < 1.29 is 8.42 Å². The predicted octanol–water partition coefficient (Wildman–Crippen LogP) is 1.73. The molecule has 0 amide bonds. The van der Waals surface area contributed by atoms with Crippen LogP contribution in [0.15, 0.2) is 23.2 Å². The Hall–Kier alpha value is -1.60. The molecule has 0 heterocycles. The lowest BCUT2D eigenvalue weighted by atomic mass is 10.1. The van der Waals surface area contributed by atoms with E-state index in [9.17, 15) is 8.42 Å². The Bertz CT molecular complexity index is 677. The summed E-state index contributed by atoms with van der Waals surface area (Å²) in [6.07, 6.45) is 2.06. The molecule has 0 atom stereocenters. The van der Waals surface area contributed by atoms with E-state index in [2.05, 4.69) is 52.4 Å². The highest BCUT2D eigenvalue weighted by molar-refractivity contribution is 7.88. The van der Waals surface area contributed by atoms with Crippen molar-refractivity contribution in [3.8, 4) is 0 Å². The summed E-state index contributed by atoms with van der Waals surface area (Å²) in [5.74, 6) is 0.690. The molecule has 0 saturated carbocycles. The number of benzene rings is 1. The third kappa shape index (κ3) is 9.45. The Morgan fingerprint density at radius 2 is 1.72 bits per heavy atom. The van der Waals surface area contributed by atoms with Crippen molar-refractivity contribution in [3.05, 3.63) is 34.9 Å². The lowest BCUT2D eigenvalue weighted by Gasteiger charge is -2.23. The Morgan fingerprint density at radius 3 is 2.24 bits per heavy atom. The second kappa shape index (κ2) is 9.20. The summed E-state index contributed by atoms with van der Waals surface area (Å²) in [7, 11) is -3.26. The average molecular weight is 369 g/mol. The van der Waals surface area contributed by atoms with Crippen molar-refractivity contribution >= 4 is 16.0 Å². The minimum absolute atomic E-state index is 0.346. The van der Waals surface area contributed by atoms with Crippen molar-refractivity contribution in [2.24, 2.45) is 4.99 Å². The van der Waals surface area contributed by atoms with E-state index in [0.29, 0.717) is 12.5 Å². The van der Waals surface area contributed by atoms with Crippen molar-refractivity contribution in [2.75, 3.05) is 25.9 Å². The zero-order valence-corrected chi connectivity index (χ0v) is 17.0. The fourth-order valence-corrected chi connectivity index (χ4v) is 3.76. The monoisotopic (exact) mass is 368 g/mol. The minimum Gasteiger partial charge on any atom is -0.357 e. The van der Waals surface area contributed by atoms with Crippen LogP contribution in [0.5, 0.6) is 0 Å². The van der Waals surface area contributed by atoms with Gasteiger partial charge < -0.3 is 10.6 Å². The number of nitrogens with one attached hydrogen (secondary N) is 3. The van der Waals surface area contributed by atoms with Gasteiger partial charge in [0.05, 0.1) is 12.8 Å². The van der Waals surface area contributed by atoms with Gasteiger partial charge in [0.1, 0.15) is 0 Å². The highest BCUT2D eigenvalue weighted by atomic mass is 32.2. The van der Waals surface area contributed by atoms with Crippen molar-refractivity contribution in [3.63, 3.8) is 0 Å². The van der Waals surface area contributed by atoms with Crippen LogP contribution < -0.4 is 15.4 Å². The summed E-state index contributed by atoms with van der Waals surface area (Å²) in [5, 5.41) is 6.49. The molecule has 0 radical (unpaired) electrons. The van der Waals surface area contributed by atoms with Crippen LogP contribution in [0, 0.1) is 13.8 Å². The molecule has 1 rings (SSSR count). The van der Waals surface area contributed by atoms with E-state index in [4.69, 9.17) is 0 Å². The summed E-state index contributed by atoms with van der Waals surface area (Å²) >= 11 is 0. The molecule has 0 aromatic heterocycles. The van der Waals surface area contributed by atoms with Gasteiger partial charge in [0, 0.05) is 18.6 Å². The van der Waals surface area contributed by atoms with Gasteiger partial charge in [-0.05, 0) is 46.6 Å². The summed E-state index contributed by atoms with van der Waals surface area (Å²) in [5.41, 5.74) is 3.19. The molecule has 0 unspecified atom stereocenters. The number of hydrogen-bond acceptors (Lipinski definition) is 3. The fraction of sp³-hybridized carbons (Fsp3) is 0.611. The Morgan fingerprint density at radius 1 is 1.12 bits per heavy atom. The van der Waals surface area contributed by atoms with Gasteiger partial charge in [0.25, 0.3) is 0 Å². The van der Waals surface area contributed by atoms with Gasteiger partial charge in [-0.3, -0.25) is 4.99 Å². The lowest BCUT2D eigenvalue weighted by Crippen LogP contribution is -2.47. The number of rotatable bonds is 8. The van der Waals surface area contributed by atoms with Crippen LogP contribution in [-0.4, -0.2) is 45.8 Å². The van der Waals surface area contributed by atoms with Gasteiger partial charge in [0.2, 0.25) is 10.0 Å². The molecule has 3 N–H and O–H groups in total. The topological polar surface area (TPSA) is 82.6 Å². The first-order chi connectivity index (χ1) is 11.5. The van der Waals surface area contributed by atoms with E-state index in [1.165, 1.54) is 16.7 Å². The predicted molar refractivity (Wildman–Crippen MR) is 106 cm³/mol. The number of guanidine groups is 1. The van der Waals surface area contributed by atoms with Gasteiger partial charge >= 0.3 is 0 Å². The maximum Gasteiger partial charge on any atom is 0.209 e. The Labute approximate surface area is 152 Å². The summed E-state index contributed by atoms with van der Waals surface area (Å²) in [4.78, 5) is 4.50. The normalized spacial score (nSPS) is 13.0. The first kappa shape index (κ1) is 21.4. The number of sulfonamides is 1. The number of hydrogen-bond donors (Lipinski definition) is 3. The summed E-state index contributed by atoms with van der Waals surface area (Å²) in [6.45, 7) is 11.7. The summed E-state index contributed by atoms with van der Waals surface area (Å²) in [6, 6.07) is 6.55. The molecule has 7 heteroatoms. The van der Waals surface area contributed by atoms with Crippen LogP contribution in [0.25, 0.3) is 0 Å². The molecule has 142 valence electrons. The first-order valence-corrected chi connectivity index (χ1v) is 10.5. The average Bonchev–Trinajstić information content (AvgIpc) is 2.41. The number of aliphatic imine (C=N–C) groups is 1. The molecule has 0 fully saturated rings. The molecule has 1 aromatic rings. The van der Waals surface area contributed by atoms with Gasteiger partial charge in [-0.25, -0.2) is 13.1 Å². The van der Waals surface area contributed by atoms with E-state index in [-0.39, 0.29) is 0 Å². The molecule has 25 heavy (non-hydrogen) atoms. The van der Waals surface area contributed by atoms with Crippen LogP contribution >= 0.6 is 0 Å². The zero-order valence-electron chi connectivity index (χ0n) is 16.2. The smallest absolute Gasteiger partial charge is 0.209 e. The zero-order chi connectivity index (χ0) is 19.1. The van der Waals surface area contributed by atoms with Gasteiger partial charge in [-0.1, -0.05) is 29.3 Å². The van der Waals surface area contributed by atoms with Crippen LogP contribution in [0.3, 0.4) is 0 Å². The van der Waals surface area contributed by atoms with E-state index in [1.807, 2.05) is 20.8 Å². The molecule has 6 nitrogen and oxygen atoms in total. The Balaban J connectivity index is 2.64. The van der Waals surface area contributed by atoms with Gasteiger partial charge in [-0.2, -0.15) is 0 Å². The van der Waals surface area contributed by atoms with E-state index < -0.39 is 15.6 Å².